The van der Waals surface area contributed by atoms with E-state index in [4.69, 9.17) is 12.2 Å². The average Bonchev–Trinajstić information content (AvgIpc) is 3.26. The van der Waals surface area contributed by atoms with Crippen LogP contribution < -0.4 is 0 Å². The minimum Gasteiger partial charge on any atom is -0.388 e. The van der Waals surface area contributed by atoms with E-state index in [1.807, 2.05) is 4.68 Å². The molecule has 0 bridgehead atoms. The maximum atomic E-state index is 9.49. The SMILES string of the molecule is CCCC1CCCN(Cn2nc(CO)n(C3CC3)c2=S)C1. The summed E-state index contributed by atoms with van der Waals surface area (Å²) in [5, 5.41) is 14.0. The summed E-state index contributed by atoms with van der Waals surface area (Å²) in [5.74, 6) is 1.55. The number of aliphatic hydroxyl groups is 1. The van der Waals surface area contributed by atoms with Crippen molar-refractivity contribution < 1.29 is 5.11 Å². The summed E-state index contributed by atoms with van der Waals surface area (Å²) < 4.78 is 4.75. The van der Waals surface area contributed by atoms with E-state index >= 15 is 0 Å². The van der Waals surface area contributed by atoms with E-state index in [2.05, 4.69) is 21.5 Å². The molecule has 2 heterocycles. The lowest BCUT2D eigenvalue weighted by atomic mass is 9.94. The van der Waals surface area contributed by atoms with Gasteiger partial charge in [0.05, 0.1) is 6.67 Å². The van der Waals surface area contributed by atoms with E-state index in [1.54, 1.807) is 0 Å². The first-order chi connectivity index (χ1) is 10.2. The monoisotopic (exact) mass is 310 g/mol. The molecule has 118 valence electrons. The van der Waals surface area contributed by atoms with Gasteiger partial charge in [-0.2, -0.15) is 5.10 Å². The fourth-order valence-electron chi connectivity index (χ4n) is 3.48. The number of hydrogen-bond donors (Lipinski definition) is 1. The van der Waals surface area contributed by atoms with Gasteiger partial charge < -0.3 is 5.11 Å². The van der Waals surface area contributed by atoms with E-state index in [0.717, 1.165) is 49.1 Å². The van der Waals surface area contributed by atoms with Gasteiger partial charge in [-0.15, -0.1) is 0 Å². The van der Waals surface area contributed by atoms with Crippen molar-refractivity contribution in [1.82, 2.24) is 19.2 Å². The Morgan fingerprint density at radius 2 is 2.14 bits per heavy atom. The molecule has 1 aliphatic carbocycles. The van der Waals surface area contributed by atoms with Gasteiger partial charge in [-0.3, -0.25) is 9.47 Å². The molecule has 0 amide bonds. The van der Waals surface area contributed by atoms with Crippen LogP contribution in [0.4, 0.5) is 0 Å². The molecule has 6 heteroatoms. The number of rotatable bonds is 6. The molecule has 3 rings (SSSR count). The van der Waals surface area contributed by atoms with Crippen molar-refractivity contribution in [3.8, 4) is 0 Å². The predicted molar refractivity (Wildman–Crippen MR) is 84.4 cm³/mol. The summed E-state index contributed by atoms with van der Waals surface area (Å²) in [6.07, 6.45) is 7.54. The highest BCUT2D eigenvalue weighted by atomic mass is 32.1. The second-order valence-corrected chi connectivity index (χ2v) is 6.84. The summed E-state index contributed by atoms with van der Waals surface area (Å²) in [6.45, 7) is 5.30. The zero-order chi connectivity index (χ0) is 14.8. The van der Waals surface area contributed by atoms with E-state index in [1.165, 1.54) is 25.7 Å². The summed E-state index contributed by atoms with van der Waals surface area (Å²) in [4.78, 5) is 2.46. The van der Waals surface area contributed by atoms with Gasteiger partial charge >= 0.3 is 0 Å². The predicted octanol–water partition coefficient (Wildman–Crippen LogP) is 2.71. The van der Waals surface area contributed by atoms with Gasteiger partial charge in [0.1, 0.15) is 6.61 Å². The summed E-state index contributed by atoms with van der Waals surface area (Å²) in [6, 6.07) is 0.475. The second-order valence-electron chi connectivity index (χ2n) is 6.47. The van der Waals surface area contributed by atoms with Gasteiger partial charge in [0.15, 0.2) is 10.6 Å². The van der Waals surface area contributed by atoms with Crippen LogP contribution in [0, 0.1) is 10.7 Å². The van der Waals surface area contributed by atoms with Crippen molar-refractivity contribution in [2.45, 2.75) is 64.8 Å². The highest BCUT2D eigenvalue weighted by Gasteiger charge is 2.28. The van der Waals surface area contributed by atoms with Crippen molar-refractivity contribution in [2.24, 2.45) is 5.92 Å². The standard InChI is InChI=1S/C15H26N4OS/c1-2-4-12-5-3-8-17(9-12)11-18-15(21)19(13-6-7-13)14(10-20)16-18/h12-13,20H,2-11H2,1H3. The Balaban J connectivity index is 1.71. The smallest absolute Gasteiger partial charge is 0.199 e. The topological polar surface area (TPSA) is 46.2 Å². The molecule has 1 saturated heterocycles. The van der Waals surface area contributed by atoms with E-state index in [9.17, 15) is 5.11 Å². The van der Waals surface area contributed by atoms with Gasteiger partial charge in [-0.05, 0) is 56.8 Å². The molecule has 1 aromatic rings. The summed E-state index contributed by atoms with van der Waals surface area (Å²) in [5.41, 5.74) is 0. The van der Waals surface area contributed by atoms with E-state index in [-0.39, 0.29) is 6.61 Å². The number of likely N-dealkylation sites (tertiary alicyclic amines) is 1. The van der Waals surface area contributed by atoms with Crippen molar-refractivity contribution in [3.05, 3.63) is 10.6 Å². The highest BCUT2D eigenvalue weighted by Crippen LogP contribution is 2.36. The lowest BCUT2D eigenvalue weighted by molar-refractivity contribution is 0.125. The van der Waals surface area contributed by atoms with Crippen LogP contribution in [0.2, 0.25) is 0 Å². The maximum absolute atomic E-state index is 9.49. The van der Waals surface area contributed by atoms with Crippen molar-refractivity contribution in [1.29, 1.82) is 0 Å². The van der Waals surface area contributed by atoms with Gasteiger partial charge in [-0.25, -0.2) is 4.68 Å². The Morgan fingerprint density at radius 3 is 2.81 bits per heavy atom. The molecule has 1 aromatic heterocycles. The molecule has 1 unspecified atom stereocenters. The van der Waals surface area contributed by atoms with Crippen LogP contribution in [-0.4, -0.2) is 37.4 Å². The molecule has 0 aromatic carbocycles. The lowest BCUT2D eigenvalue weighted by Gasteiger charge is -2.32. The Bertz CT molecular complexity index is 532. The number of piperidine rings is 1. The third-order valence-electron chi connectivity index (χ3n) is 4.63. The molecular formula is C15H26N4OS. The molecule has 21 heavy (non-hydrogen) atoms. The first-order valence-electron chi connectivity index (χ1n) is 8.24. The second kappa shape index (κ2) is 6.58. The van der Waals surface area contributed by atoms with Gasteiger partial charge in [0.2, 0.25) is 0 Å². The summed E-state index contributed by atoms with van der Waals surface area (Å²) in [7, 11) is 0. The van der Waals surface area contributed by atoms with Gasteiger partial charge in [0.25, 0.3) is 0 Å². The van der Waals surface area contributed by atoms with Crippen LogP contribution >= 0.6 is 12.2 Å². The maximum Gasteiger partial charge on any atom is 0.199 e. The molecule has 1 aliphatic heterocycles. The zero-order valence-electron chi connectivity index (χ0n) is 12.9. The third-order valence-corrected chi connectivity index (χ3v) is 5.04. The minimum atomic E-state index is -0.0222. The molecule has 1 saturated carbocycles. The largest absolute Gasteiger partial charge is 0.388 e. The third kappa shape index (κ3) is 3.38. The van der Waals surface area contributed by atoms with Crippen LogP contribution in [0.1, 0.15) is 57.3 Å². The van der Waals surface area contributed by atoms with Crippen LogP contribution in [0.15, 0.2) is 0 Å². The molecule has 0 spiro atoms. The first-order valence-corrected chi connectivity index (χ1v) is 8.65. The Labute approximate surface area is 131 Å². The first kappa shape index (κ1) is 15.2. The van der Waals surface area contributed by atoms with E-state index in [0.29, 0.717) is 6.04 Å². The van der Waals surface area contributed by atoms with Crippen molar-refractivity contribution in [3.63, 3.8) is 0 Å². The van der Waals surface area contributed by atoms with Gasteiger partial charge in [-0.1, -0.05) is 13.3 Å². The number of hydrogen-bond acceptors (Lipinski definition) is 4. The quantitative estimate of drug-likeness (QED) is 0.821. The molecule has 0 radical (unpaired) electrons. The van der Waals surface area contributed by atoms with Crippen molar-refractivity contribution in [2.75, 3.05) is 13.1 Å². The average molecular weight is 310 g/mol. The molecule has 2 fully saturated rings. The van der Waals surface area contributed by atoms with E-state index < -0.39 is 0 Å². The molecule has 1 atom stereocenters. The fraction of sp³-hybridized carbons (Fsp3) is 0.867. The highest BCUT2D eigenvalue weighted by molar-refractivity contribution is 7.71. The zero-order valence-corrected chi connectivity index (χ0v) is 13.7. The number of aromatic nitrogens is 3. The molecule has 5 nitrogen and oxygen atoms in total. The van der Waals surface area contributed by atoms with Crippen LogP contribution in [0.5, 0.6) is 0 Å². The molecule has 1 N–H and O–H groups in total. The normalized spacial score (nSPS) is 23.6. The Kier molecular flexibility index (Phi) is 4.76. The minimum absolute atomic E-state index is 0.0222. The number of nitrogens with zero attached hydrogens (tertiary/aromatic N) is 4. The summed E-state index contributed by atoms with van der Waals surface area (Å²) >= 11 is 5.57. The van der Waals surface area contributed by atoms with Crippen LogP contribution in [0.3, 0.4) is 0 Å². The van der Waals surface area contributed by atoms with Gasteiger partial charge in [0, 0.05) is 12.6 Å². The van der Waals surface area contributed by atoms with Crippen LogP contribution in [-0.2, 0) is 13.3 Å². The fourth-order valence-corrected chi connectivity index (χ4v) is 3.83. The Hall–Kier alpha value is -0.720. The Morgan fingerprint density at radius 1 is 1.33 bits per heavy atom. The van der Waals surface area contributed by atoms with Crippen LogP contribution in [0.25, 0.3) is 0 Å². The van der Waals surface area contributed by atoms with Crippen molar-refractivity contribution >= 4 is 12.2 Å². The lowest BCUT2D eigenvalue weighted by Crippen LogP contribution is -2.37. The molecular weight excluding hydrogens is 284 g/mol. The molecule has 2 aliphatic rings. The number of aliphatic hydroxyl groups excluding tert-OH is 1.